The first-order valence-corrected chi connectivity index (χ1v) is 17.9. The molecule has 10 heteroatoms. The second-order valence-corrected chi connectivity index (χ2v) is 17.0. The molecule has 0 bridgehead atoms. The first kappa shape index (κ1) is 29.1. The van der Waals surface area contributed by atoms with Gasteiger partial charge in [-0.05, 0) is 64.4 Å². The van der Waals surface area contributed by atoms with Crippen LogP contribution in [0, 0.1) is 0 Å². The molecule has 0 spiro atoms. The van der Waals surface area contributed by atoms with Crippen LogP contribution in [0.2, 0.25) is 25.7 Å². The molecule has 5 rings (SSSR count). The van der Waals surface area contributed by atoms with E-state index >= 15 is 0 Å². The Kier molecular flexibility index (Phi) is 9.68. The van der Waals surface area contributed by atoms with Gasteiger partial charge in [0.25, 0.3) is 0 Å². The summed E-state index contributed by atoms with van der Waals surface area (Å²) in [6.45, 7) is 8.51. The number of hydrogen-bond donors (Lipinski definition) is 1. The van der Waals surface area contributed by atoms with Crippen molar-refractivity contribution in [1.82, 2.24) is 30.2 Å². The quantitative estimate of drug-likeness (QED) is 0.119. The summed E-state index contributed by atoms with van der Waals surface area (Å²) in [5.74, 6) is 2.77. The SMILES string of the molecule is C[Si](C)(C)CCOCn1nnnc1C(Cc1ccccc1)Nc1ccnc(-c2ccc(OCc3ccccc3)cc2)n1. The smallest absolute Gasteiger partial charge is 0.176 e. The lowest BCUT2D eigenvalue weighted by molar-refractivity contribution is 0.0744. The average molecular weight is 580 g/mol. The molecule has 0 fully saturated rings. The van der Waals surface area contributed by atoms with E-state index in [2.05, 4.69) is 57.6 Å². The fourth-order valence-corrected chi connectivity index (χ4v) is 5.09. The summed E-state index contributed by atoms with van der Waals surface area (Å²) in [4.78, 5) is 9.34. The lowest BCUT2D eigenvalue weighted by atomic mass is 10.1. The van der Waals surface area contributed by atoms with Gasteiger partial charge in [0.15, 0.2) is 11.6 Å². The van der Waals surface area contributed by atoms with E-state index in [0.717, 1.165) is 28.5 Å². The number of anilines is 1. The van der Waals surface area contributed by atoms with Gasteiger partial charge in [-0.1, -0.05) is 80.3 Å². The van der Waals surface area contributed by atoms with Crippen molar-refractivity contribution in [2.24, 2.45) is 0 Å². The monoisotopic (exact) mass is 579 g/mol. The summed E-state index contributed by atoms with van der Waals surface area (Å²) in [6.07, 6.45) is 2.43. The Hall–Kier alpha value is -4.41. The largest absolute Gasteiger partial charge is 0.489 e. The summed E-state index contributed by atoms with van der Waals surface area (Å²) < 4.78 is 13.6. The lowest BCUT2D eigenvalue weighted by Crippen LogP contribution is -2.24. The minimum absolute atomic E-state index is 0.237. The van der Waals surface area contributed by atoms with Crippen LogP contribution in [0.3, 0.4) is 0 Å². The maximum atomic E-state index is 5.97. The highest BCUT2D eigenvalue weighted by Crippen LogP contribution is 2.24. The second-order valence-electron chi connectivity index (χ2n) is 11.3. The predicted molar refractivity (Wildman–Crippen MR) is 167 cm³/mol. The average Bonchev–Trinajstić information content (AvgIpc) is 3.48. The third-order valence-corrected chi connectivity index (χ3v) is 8.41. The van der Waals surface area contributed by atoms with E-state index in [9.17, 15) is 0 Å². The standard InChI is InChI=1S/C32H37N7O2Si/c1-42(2,3)21-20-40-24-39-32(36-37-38-39)29(22-25-10-6-4-7-11-25)34-30-18-19-33-31(35-30)27-14-16-28(17-15-27)41-23-26-12-8-5-9-13-26/h4-19,29H,20-24H2,1-3H3,(H,33,34,35). The van der Waals surface area contributed by atoms with Crippen molar-refractivity contribution in [2.45, 2.75) is 51.5 Å². The Morgan fingerprint density at radius 1 is 0.857 bits per heavy atom. The zero-order valence-electron chi connectivity index (χ0n) is 24.4. The molecule has 42 heavy (non-hydrogen) atoms. The Balaban J connectivity index is 1.30. The zero-order valence-corrected chi connectivity index (χ0v) is 25.4. The normalized spacial score (nSPS) is 12.2. The maximum absolute atomic E-state index is 5.97. The minimum Gasteiger partial charge on any atom is -0.489 e. The van der Waals surface area contributed by atoms with E-state index in [0.29, 0.717) is 43.8 Å². The van der Waals surface area contributed by atoms with Gasteiger partial charge in [0.2, 0.25) is 0 Å². The molecule has 9 nitrogen and oxygen atoms in total. The molecule has 3 aromatic carbocycles. The molecule has 0 aliphatic heterocycles. The van der Waals surface area contributed by atoms with Gasteiger partial charge in [0, 0.05) is 26.4 Å². The van der Waals surface area contributed by atoms with Crippen LogP contribution in [0.1, 0.15) is 23.0 Å². The van der Waals surface area contributed by atoms with E-state index in [-0.39, 0.29) is 6.04 Å². The number of aromatic nitrogens is 6. The third kappa shape index (κ3) is 8.54. The molecule has 1 atom stereocenters. The summed E-state index contributed by atoms with van der Waals surface area (Å²) in [6, 6.07) is 30.9. The van der Waals surface area contributed by atoms with E-state index in [4.69, 9.17) is 14.5 Å². The zero-order chi connectivity index (χ0) is 29.2. The maximum Gasteiger partial charge on any atom is 0.176 e. The molecule has 0 saturated heterocycles. The third-order valence-electron chi connectivity index (χ3n) is 6.70. The molecule has 2 heterocycles. The van der Waals surface area contributed by atoms with Crippen molar-refractivity contribution in [3.05, 3.63) is 114 Å². The molecular weight excluding hydrogens is 542 g/mol. The van der Waals surface area contributed by atoms with E-state index < -0.39 is 8.07 Å². The number of ether oxygens (including phenoxy) is 2. The summed E-state index contributed by atoms with van der Waals surface area (Å²) in [5.41, 5.74) is 3.17. The molecule has 1 N–H and O–H groups in total. The molecule has 1 unspecified atom stereocenters. The molecule has 5 aromatic rings. The van der Waals surface area contributed by atoms with Gasteiger partial charge in [0.05, 0.1) is 6.04 Å². The molecule has 216 valence electrons. The van der Waals surface area contributed by atoms with Gasteiger partial charge in [-0.25, -0.2) is 14.6 Å². The molecule has 2 aromatic heterocycles. The highest BCUT2D eigenvalue weighted by molar-refractivity contribution is 6.76. The number of nitrogens with zero attached hydrogens (tertiary/aromatic N) is 6. The van der Waals surface area contributed by atoms with Gasteiger partial charge in [-0.15, -0.1) is 5.10 Å². The van der Waals surface area contributed by atoms with Crippen molar-refractivity contribution in [2.75, 3.05) is 11.9 Å². The van der Waals surface area contributed by atoms with Crippen LogP contribution in [0.25, 0.3) is 11.4 Å². The Bertz CT molecular complexity index is 1520. The Morgan fingerprint density at radius 3 is 2.29 bits per heavy atom. The van der Waals surface area contributed by atoms with Crippen LogP contribution >= 0.6 is 0 Å². The first-order valence-electron chi connectivity index (χ1n) is 14.2. The van der Waals surface area contributed by atoms with Gasteiger partial charge in [0.1, 0.15) is 24.9 Å². The van der Waals surface area contributed by atoms with Crippen LogP contribution in [0.4, 0.5) is 5.82 Å². The van der Waals surface area contributed by atoms with Crippen LogP contribution in [-0.4, -0.2) is 44.9 Å². The highest BCUT2D eigenvalue weighted by Gasteiger charge is 2.21. The van der Waals surface area contributed by atoms with Crippen LogP contribution < -0.4 is 10.1 Å². The van der Waals surface area contributed by atoms with Gasteiger partial charge < -0.3 is 14.8 Å². The van der Waals surface area contributed by atoms with Crippen LogP contribution in [0.5, 0.6) is 5.75 Å². The lowest BCUT2D eigenvalue weighted by Gasteiger charge is -2.20. The van der Waals surface area contributed by atoms with E-state index in [1.165, 1.54) is 0 Å². The molecule has 0 aliphatic carbocycles. The topological polar surface area (TPSA) is 99.9 Å². The van der Waals surface area contributed by atoms with Crippen LogP contribution in [-0.2, 0) is 24.5 Å². The molecule has 0 saturated carbocycles. The number of rotatable bonds is 14. The van der Waals surface area contributed by atoms with Gasteiger partial charge in [-0.3, -0.25) is 0 Å². The predicted octanol–water partition coefficient (Wildman–Crippen LogP) is 6.42. The minimum atomic E-state index is -1.19. The highest BCUT2D eigenvalue weighted by atomic mass is 28.3. The van der Waals surface area contributed by atoms with Gasteiger partial charge >= 0.3 is 0 Å². The van der Waals surface area contributed by atoms with E-state index in [1.54, 1.807) is 10.9 Å². The van der Waals surface area contributed by atoms with Crippen molar-refractivity contribution in [1.29, 1.82) is 0 Å². The number of hydrogen-bond acceptors (Lipinski definition) is 8. The molecule has 0 aliphatic rings. The molecule has 0 radical (unpaired) electrons. The summed E-state index contributed by atoms with van der Waals surface area (Å²) >= 11 is 0. The van der Waals surface area contributed by atoms with Crippen molar-refractivity contribution in [3.8, 4) is 17.1 Å². The summed E-state index contributed by atoms with van der Waals surface area (Å²) in [7, 11) is -1.19. The molecule has 0 amide bonds. The van der Waals surface area contributed by atoms with Crippen molar-refractivity contribution in [3.63, 3.8) is 0 Å². The number of tetrazole rings is 1. The van der Waals surface area contributed by atoms with Crippen molar-refractivity contribution >= 4 is 13.9 Å². The van der Waals surface area contributed by atoms with E-state index in [1.807, 2.05) is 78.9 Å². The summed E-state index contributed by atoms with van der Waals surface area (Å²) in [5, 5.41) is 16.1. The Labute approximate surface area is 248 Å². The first-order chi connectivity index (χ1) is 20.4. The second kappa shape index (κ2) is 14.0. The van der Waals surface area contributed by atoms with Crippen molar-refractivity contribution < 1.29 is 9.47 Å². The fraction of sp³-hybridized carbons (Fsp3) is 0.281. The Morgan fingerprint density at radius 2 is 1.57 bits per heavy atom. The number of nitrogens with one attached hydrogen (secondary N) is 1. The number of benzene rings is 3. The fourth-order valence-electron chi connectivity index (χ4n) is 4.34. The van der Waals surface area contributed by atoms with Crippen LogP contribution in [0.15, 0.2) is 97.2 Å². The molecular formula is C32H37N7O2Si. The van der Waals surface area contributed by atoms with Gasteiger partial charge in [-0.2, -0.15) is 0 Å².